The van der Waals surface area contributed by atoms with Gasteiger partial charge in [-0.05, 0) is 42.8 Å². The normalized spacial score (nSPS) is 15.5. The van der Waals surface area contributed by atoms with Gasteiger partial charge in [-0.25, -0.2) is 4.98 Å². The zero-order valence-corrected chi connectivity index (χ0v) is 16.4. The fourth-order valence-electron chi connectivity index (χ4n) is 4.47. The Hall–Kier alpha value is -2.85. The molecule has 2 aromatic heterocycles. The van der Waals surface area contributed by atoms with Gasteiger partial charge < -0.3 is 9.47 Å². The first-order chi connectivity index (χ1) is 13.8. The van der Waals surface area contributed by atoms with E-state index in [9.17, 15) is 0 Å². The Balaban J connectivity index is 1.36. The first-order valence-electron chi connectivity index (χ1n) is 10.2. The number of aromatic nitrogens is 2. The van der Waals surface area contributed by atoms with Gasteiger partial charge in [-0.2, -0.15) is 0 Å². The number of benzene rings is 2. The van der Waals surface area contributed by atoms with Gasteiger partial charge >= 0.3 is 0 Å². The highest BCUT2D eigenvalue weighted by Gasteiger charge is 2.18. The molecule has 3 heterocycles. The Morgan fingerprint density at radius 3 is 2.39 bits per heavy atom. The second-order valence-corrected chi connectivity index (χ2v) is 7.56. The van der Waals surface area contributed by atoms with E-state index in [2.05, 4.69) is 80.9 Å². The average molecular weight is 371 g/mol. The molecule has 4 aromatic rings. The SMILES string of the molecule is CCn1c2ccccc2c2cc(CN3CCN(c4ccccn4)CC3)ccc21. The smallest absolute Gasteiger partial charge is 0.128 e. The van der Waals surface area contributed by atoms with Gasteiger partial charge in [0.25, 0.3) is 0 Å². The van der Waals surface area contributed by atoms with Gasteiger partial charge in [0, 0.05) is 67.3 Å². The molecule has 142 valence electrons. The molecule has 1 aliphatic rings. The Bertz CT molecular complexity index is 1090. The zero-order chi connectivity index (χ0) is 18.9. The topological polar surface area (TPSA) is 24.3 Å². The van der Waals surface area contributed by atoms with Gasteiger partial charge in [-0.15, -0.1) is 0 Å². The lowest BCUT2D eigenvalue weighted by atomic mass is 10.1. The zero-order valence-electron chi connectivity index (χ0n) is 16.4. The summed E-state index contributed by atoms with van der Waals surface area (Å²) in [5.74, 6) is 1.09. The number of piperazine rings is 1. The molecule has 28 heavy (non-hydrogen) atoms. The molecule has 0 radical (unpaired) electrons. The number of aryl methyl sites for hydroxylation is 1. The van der Waals surface area contributed by atoms with Crippen LogP contribution in [-0.4, -0.2) is 40.6 Å². The van der Waals surface area contributed by atoms with Crippen LogP contribution in [0.2, 0.25) is 0 Å². The van der Waals surface area contributed by atoms with Crippen LogP contribution in [0, 0.1) is 0 Å². The lowest BCUT2D eigenvalue weighted by molar-refractivity contribution is 0.249. The third kappa shape index (κ3) is 3.04. The fraction of sp³-hybridized carbons (Fsp3) is 0.292. The molecule has 2 aromatic carbocycles. The van der Waals surface area contributed by atoms with Gasteiger partial charge in [-0.3, -0.25) is 4.90 Å². The van der Waals surface area contributed by atoms with Crippen LogP contribution in [0.1, 0.15) is 12.5 Å². The van der Waals surface area contributed by atoms with Crippen molar-refractivity contribution in [2.24, 2.45) is 0 Å². The molecule has 4 heteroatoms. The molecule has 1 fully saturated rings. The molecular weight excluding hydrogens is 344 g/mol. The Kier molecular flexibility index (Phi) is 4.49. The van der Waals surface area contributed by atoms with Crippen LogP contribution in [0.4, 0.5) is 5.82 Å². The quantitative estimate of drug-likeness (QED) is 0.527. The predicted octanol–water partition coefficient (Wildman–Crippen LogP) is 4.53. The van der Waals surface area contributed by atoms with E-state index in [1.54, 1.807) is 0 Å². The summed E-state index contributed by atoms with van der Waals surface area (Å²) < 4.78 is 2.42. The van der Waals surface area contributed by atoms with E-state index < -0.39 is 0 Å². The Morgan fingerprint density at radius 1 is 0.821 bits per heavy atom. The number of nitrogens with zero attached hydrogens (tertiary/aromatic N) is 4. The minimum atomic E-state index is 0.999. The van der Waals surface area contributed by atoms with Crippen molar-refractivity contribution in [2.75, 3.05) is 31.1 Å². The van der Waals surface area contributed by atoms with Crippen LogP contribution < -0.4 is 4.90 Å². The van der Waals surface area contributed by atoms with Crippen molar-refractivity contribution in [3.8, 4) is 0 Å². The third-order valence-corrected chi connectivity index (χ3v) is 5.90. The molecule has 0 amide bonds. The number of pyridine rings is 1. The van der Waals surface area contributed by atoms with Crippen LogP contribution in [0.3, 0.4) is 0 Å². The molecule has 0 bridgehead atoms. The highest BCUT2D eigenvalue weighted by atomic mass is 15.3. The second kappa shape index (κ2) is 7.28. The molecule has 0 N–H and O–H groups in total. The van der Waals surface area contributed by atoms with Gasteiger partial charge in [0.05, 0.1) is 0 Å². The minimum absolute atomic E-state index is 0.999. The highest BCUT2D eigenvalue weighted by Crippen LogP contribution is 2.30. The number of rotatable bonds is 4. The number of para-hydroxylation sites is 1. The van der Waals surface area contributed by atoms with Crippen molar-refractivity contribution in [3.05, 3.63) is 72.4 Å². The van der Waals surface area contributed by atoms with Gasteiger partial charge in [0.1, 0.15) is 5.82 Å². The van der Waals surface area contributed by atoms with E-state index in [0.717, 1.165) is 45.1 Å². The lowest BCUT2D eigenvalue weighted by Crippen LogP contribution is -2.46. The Morgan fingerprint density at radius 2 is 1.61 bits per heavy atom. The summed E-state index contributed by atoms with van der Waals surface area (Å²) >= 11 is 0. The van der Waals surface area contributed by atoms with E-state index in [1.165, 1.54) is 27.4 Å². The molecule has 0 atom stereocenters. The van der Waals surface area contributed by atoms with E-state index in [1.807, 2.05) is 12.3 Å². The standard InChI is InChI=1S/C24H26N4/c1-2-28-22-8-4-3-7-20(22)21-17-19(10-11-23(21)28)18-26-13-15-27(16-14-26)24-9-5-6-12-25-24/h3-12,17H,2,13-16,18H2,1H3. The van der Waals surface area contributed by atoms with Crippen LogP contribution >= 0.6 is 0 Å². The van der Waals surface area contributed by atoms with Crippen LogP contribution in [-0.2, 0) is 13.1 Å². The maximum atomic E-state index is 4.49. The van der Waals surface area contributed by atoms with Crippen molar-refractivity contribution in [2.45, 2.75) is 20.0 Å². The molecule has 5 rings (SSSR count). The average Bonchev–Trinajstić information content (AvgIpc) is 3.08. The molecule has 1 aliphatic heterocycles. The lowest BCUT2D eigenvalue weighted by Gasteiger charge is -2.35. The van der Waals surface area contributed by atoms with Crippen molar-refractivity contribution < 1.29 is 0 Å². The molecule has 0 saturated carbocycles. The minimum Gasteiger partial charge on any atom is -0.354 e. The van der Waals surface area contributed by atoms with Crippen molar-refractivity contribution >= 4 is 27.6 Å². The van der Waals surface area contributed by atoms with E-state index in [4.69, 9.17) is 0 Å². The summed E-state index contributed by atoms with van der Waals surface area (Å²) in [6.45, 7) is 8.46. The molecule has 4 nitrogen and oxygen atoms in total. The fourth-order valence-corrected chi connectivity index (χ4v) is 4.47. The van der Waals surface area contributed by atoms with Crippen molar-refractivity contribution in [3.63, 3.8) is 0 Å². The van der Waals surface area contributed by atoms with Crippen LogP contribution in [0.5, 0.6) is 0 Å². The highest BCUT2D eigenvalue weighted by molar-refractivity contribution is 6.08. The van der Waals surface area contributed by atoms with Crippen molar-refractivity contribution in [1.29, 1.82) is 0 Å². The summed E-state index contributed by atoms with van der Waals surface area (Å²) in [7, 11) is 0. The summed E-state index contributed by atoms with van der Waals surface area (Å²) in [4.78, 5) is 9.43. The first-order valence-corrected chi connectivity index (χ1v) is 10.2. The molecule has 0 spiro atoms. The number of hydrogen-bond donors (Lipinski definition) is 0. The number of fused-ring (bicyclic) bond motifs is 3. The summed E-state index contributed by atoms with van der Waals surface area (Å²) in [5, 5.41) is 2.74. The molecule has 1 saturated heterocycles. The van der Waals surface area contributed by atoms with E-state index in [-0.39, 0.29) is 0 Å². The Labute approximate surface area is 166 Å². The van der Waals surface area contributed by atoms with Crippen molar-refractivity contribution in [1.82, 2.24) is 14.5 Å². The van der Waals surface area contributed by atoms with Crippen LogP contribution in [0.25, 0.3) is 21.8 Å². The summed E-state index contributed by atoms with van der Waals surface area (Å²) in [6.07, 6.45) is 1.88. The molecule has 0 aliphatic carbocycles. The van der Waals surface area contributed by atoms with Crippen LogP contribution in [0.15, 0.2) is 66.9 Å². The molecular formula is C24H26N4. The summed E-state index contributed by atoms with van der Waals surface area (Å²) in [6, 6.07) is 21.9. The summed E-state index contributed by atoms with van der Waals surface area (Å²) in [5.41, 5.74) is 4.08. The first kappa shape index (κ1) is 17.3. The predicted molar refractivity (Wildman–Crippen MR) is 117 cm³/mol. The van der Waals surface area contributed by atoms with Gasteiger partial charge in [0.15, 0.2) is 0 Å². The second-order valence-electron chi connectivity index (χ2n) is 7.56. The largest absolute Gasteiger partial charge is 0.354 e. The molecule has 0 unspecified atom stereocenters. The maximum absolute atomic E-state index is 4.49. The van der Waals surface area contributed by atoms with E-state index in [0.29, 0.717) is 0 Å². The maximum Gasteiger partial charge on any atom is 0.128 e. The monoisotopic (exact) mass is 370 g/mol. The van der Waals surface area contributed by atoms with E-state index >= 15 is 0 Å². The number of anilines is 1. The van der Waals surface area contributed by atoms with Gasteiger partial charge in [-0.1, -0.05) is 30.3 Å². The third-order valence-electron chi connectivity index (χ3n) is 5.90. The number of hydrogen-bond acceptors (Lipinski definition) is 3. The van der Waals surface area contributed by atoms with Gasteiger partial charge in [0.2, 0.25) is 0 Å².